The lowest BCUT2D eigenvalue weighted by Crippen LogP contribution is -2.55. The van der Waals surface area contributed by atoms with Crippen LogP contribution in [0.1, 0.15) is 42.1 Å². The van der Waals surface area contributed by atoms with Gasteiger partial charge in [-0.1, -0.05) is 29.8 Å². The molecule has 3 N–H and O–H groups in total. The molecular weight excluding hydrogens is 444 g/mol. The number of amides is 1. The van der Waals surface area contributed by atoms with E-state index in [9.17, 15) is 9.59 Å². The second-order valence-corrected chi connectivity index (χ2v) is 8.77. The van der Waals surface area contributed by atoms with E-state index in [0.29, 0.717) is 40.7 Å². The minimum Gasteiger partial charge on any atom is -0.465 e. The number of rotatable bonds is 5. The number of carbonyl (C=O) groups excluding carboxylic acids is 2. The Morgan fingerprint density at radius 1 is 1.27 bits per heavy atom. The van der Waals surface area contributed by atoms with Gasteiger partial charge >= 0.3 is 5.97 Å². The van der Waals surface area contributed by atoms with Crippen LogP contribution in [0, 0.1) is 0 Å². The number of aliphatic imine (C=N–C) groups is 1. The quantitative estimate of drug-likeness (QED) is 0.643. The van der Waals surface area contributed by atoms with E-state index in [1.807, 2.05) is 31.2 Å². The molecule has 9 heteroatoms. The van der Waals surface area contributed by atoms with E-state index in [1.54, 1.807) is 23.1 Å². The first kappa shape index (κ1) is 23.1. The van der Waals surface area contributed by atoms with Crippen molar-refractivity contribution in [2.45, 2.75) is 37.8 Å². The van der Waals surface area contributed by atoms with Gasteiger partial charge in [-0.2, -0.15) is 0 Å². The van der Waals surface area contributed by atoms with E-state index in [0.717, 1.165) is 12.8 Å². The maximum absolute atomic E-state index is 13.1. The summed E-state index contributed by atoms with van der Waals surface area (Å²) < 4.78 is 10.2. The first-order valence-corrected chi connectivity index (χ1v) is 11.2. The van der Waals surface area contributed by atoms with Crippen LogP contribution in [0.25, 0.3) is 0 Å². The van der Waals surface area contributed by atoms with Crippen molar-refractivity contribution < 1.29 is 19.1 Å². The number of anilines is 2. The highest BCUT2D eigenvalue weighted by Crippen LogP contribution is 2.41. The van der Waals surface area contributed by atoms with E-state index in [4.69, 9.17) is 31.8 Å². The number of benzene rings is 2. The van der Waals surface area contributed by atoms with Crippen molar-refractivity contribution in [3.05, 3.63) is 58.6 Å². The minimum atomic E-state index is -0.897. The maximum atomic E-state index is 13.1. The molecule has 0 radical (unpaired) electrons. The molecule has 2 heterocycles. The molecule has 0 aromatic heterocycles. The molecule has 0 saturated carbocycles. The van der Waals surface area contributed by atoms with Gasteiger partial charge < -0.3 is 20.5 Å². The van der Waals surface area contributed by atoms with Crippen LogP contribution in [0.15, 0.2) is 47.5 Å². The summed E-state index contributed by atoms with van der Waals surface area (Å²) in [5, 5.41) is 3.68. The molecule has 1 amide bonds. The molecule has 2 aliphatic rings. The van der Waals surface area contributed by atoms with E-state index in [2.05, 4.69) is 5.32 Å². The summed E-state index contributed by atoms with van der Waals surface area (Å²) >= 11 is 6.79. The molecule has 33 heavy (non-hydrogen) atoms. The Morgan fingerprint density at radius 2 is 2.00 bits per heavy atom. The molecule has 2 aromatic rings. The fourth-order valence-electron chi connectivity index (χ4n) is 4.38. The third kappa shape index (κ3) is 4.67. The van der Waals surface area contributed by atoms with Crippen LogP contribution in [-0.4, -0.2) is 49.1 Å². The first-order chi connectivity index (χ1) is 15.8. The Bertz CT molecular complexity index is 1100. The Kier molecular flexibility index (Phi) is 6.58. The van der Waals surface area contributed by atoms with Gasteiger partial charge in [0.25, 0.3) is 0 Å². The Morgan fingerprint density at radius 3 is 2.70 bits per heavy atom. The van der Waals surface area contributed by atoms with Gasteiger partial charge in [0, 0.05) is 30.5 Å². The van der Waals surface area contributed by atoms with Crippen LogP contribution in [0.5, 0.6) is 0 Å². The zero-order valence-corrected chi connectivity index (χ0v) is 19.4. The molecule has 2 aromatic carbocycles. The molecule has 0 bridgehead atoms. The van der Waals surface area contributed by atoms with Crippen molar-refractivity contribution in [3.8, 4) is 0 Å². The van der Waals surface area contributed by atoms with Crippen molar-refractivity contribution in [1.29, 1.82) is 0 Å². The molecule has 0 spiro atoms. The molecule has 0 aliphatic carbocycles. The second-order valence-electron chi connectivity index (χ2n) is 8.39. The van der Waals surface area contributed by atoms with E-state index >= 15 is 0 Å². The van der Waals surface area contributed by atoms with E-state index in [-0.39, 0.29) is 24.3 Å². The Hall–Kier alpha value is -3.10. The molecule has 8 nitrogen and oxygen atoms in total. The third-order valence-corrected chi connectivity index (χ3v) is 6.48. The molecule has 1 fully saturated rings. The lowest BCUT2D eigenvalue weighted by Gasteiger charge is -2.40. The fourth-order valence-corrected chi connectivity index (χ4v) is 4.76. The summed E-state index contributed by atoms with van der Waals surface area (Å²) in [5.41, 5.74) is 7.82. The van der Waals surface area contributed by atoms with Gasteiger partial charge in [-0.15, -0.1) is 0 Å². The number of guanidine groups is 1. The largest absolute Gasteiger partial charge is 0.465 e. The average molecular weight is 471 g/mol. The van der Waals surface area contributed by atoms with Crippen LogP contribution in [0.3, 0.4) is 0 Å². The normalized spacial score (nSPS) is 21.5. The van der Waals surface area contributed by atoms with Gasteiger partial charge in [-0.05, 0) is 44.0 Å². The highest BCUT2D eigenvalue weighted by Gasteiger charge is 2.41. The zero-order valence-electron chi connectivity index (χ0n) is 18.6. The number of ether oxygens (including phenoxy) is 2. The predicted octanol–water partition coefficient (Wildman–Crippen LogP) is 3.81. The zero-order chi connectivity index (χ0) is 23.6. The molecule has 1 saturated heterocycles. The second kappa shape index (κ2) is 9.41. The van der Waals surface area contributed by atoms with Gasteiger partial charge in [0.1, 0.15) is 0 Å². The van der Waals surface area contributed by atoms with Crippen molar-refractivity contribution in [2.24, 2.45) is 10.7 Å². The number of halogens is 1. The molecular formula is C24H27ClN4O4. The monoisotopic (exact) mass is 470 g/mol. The summed E-state index contributed by atoms with van der Waals surface area (Å²) in [7, 11) is 1.34. The number of methoxy groups -OCH3 is 1. The van der Waals surface area contributed by atoms with Gasteiger partial charge in [0.05, 0.1) is 35.3 Å². The minimum absolute atomic E-state index is 0.00473. The van der Waals surface area contributed by atoms with Gasteiger partial charge in [-0.25, -0.2) is 9.79 Å². The lowest BCUT2D eigenvalue weighted by atomic mass is 9.86. The van der Waals surface area contributed by atoms with E-state index in [1.165, 1.54) is 7.11 Å². The summed E-state index contributed by atoms with van der Waals surface area (Å²) in [5.74, 6) is -0.288. The van der Waals surface area contributed by atoms with Crippen molar-refractivity contribution in [2.75, 3.05) is 25.6 Å². The lowest BCUT2D eigenvalue weighted by molar-refractivity contribution is -0.132. The van der Waals surface area contributed by atoms with Crippen LogP contribution in [0.4, 0.5) is 11.4 Å². The molecule has 1 atom stereocenters. The fraction of sp³-hybridized carbons (Fsp3) is 0.375. The maximum Gasteiger partial charge on any atom is 0.337 e. The molecule has 0 unspecified atom stereocenters. The average Bonchev–Trinajstić information content (AvgIpc) is 2.80. The van der Waals surface area contributed by atoms with Crippen molar-refractivity contribution in [1.82, 2.24) is 4.90 Å². The predicted molar refractivity (Wildman–Crippen MR) is 127 cm³/mol. The number of nitrogens with one attached hydrogen (secondary N) is 1. The van der Waals surface area contributed by atoms with Crippen LogP contribution < -0.4 is 11.1 Å². The number of esters is 1. The SMILES string of the molecule is COC(=O)c1cccc(Nc2cccc([C@]3(C)CC(=O)N(C4CCOCC4)C(N)=N3)c2Cl)c1. The Balaban J connectivity index is 1.63. The summed E-state index contributed by atoms with van der Waals surface area (Å²) in [6.07, 6.45) is 1.64. The summed E-state index contributed by atoms with van der Waals surface area (Å²) in [6, 6.07) is 12.5. The van der Waals surface area contributed by atoms with E-state index < -0.39 is 11.5 Å². The Labute approximate surface area is 197 Å². The van der Waals surface area contributed by atoms with Crippen molar-refractivity contribution >= 4 is 40.8 Å². The highest BCUT2D eigenvalue weighted by molar-refractivity contribution is 6.34. The van der Waals surface area contributed by atoms with Crippen molar-refractivity contribution in [3.63, 3.8) is 0 Å². The number of nitrogens with two attached hydrogens (primary N) is 1. The number of carbonyl (C=O) groups is 2. The smallest absolute Gasteiger partial charge is 0.337 e. The standard InChI is InChI=1S/C24H27ClN4O4/c1-24(14-20(30)29(23(26)28-24)17-9-11-33-12-10-17)18-7-4-8-19(21(18)25)27-16-6-3-5-15(13-16)22(31)32-2/h3-8,13,17,27H,9-12,14H2,1-2H3,(H2,26,28)/t24-/m0/s1. The van der Waals surface area contributed by atoms with Gasteiger partial charge in [-0.3, -0.25) is 9.69 Å². The molecule has 174 valence electrons. The summed E-state index contributed by atoms with van der Waals surface area (Å²) in [4.78, 5) is 31.3. The highest BCUT2D eigenvalue weighted by atomic mass is 35.5. The van der Waals surface area contributed by atoms with Gasteiger partial charge in [0.15, 0.2) is 5.96 Å². The third-order valence-electron chi connectivity index (χ3n) is 6.07. The molecule has 2 aliphatic heterocycles. The molecule has 4 rings (SSSR count). The number of hydrogen-bond acceptors (Lipinski definition) is 7. The number of nitrogens with zero attached hydrogens (tertiary/aromatic N) is 2. The first-order valence-electron chi connectivity index (χ1n) is 10.8. The summed E-state index contributed by atoms with van der Waals surface area (Å²) in [6.45, 7) is 3.08. The topological polar surface area (TPSA) is 106 Å². The van der Waals surface area contributed by atoms with Crippen LogP contribution in [0.2, 0.25) is 5.02 Å². The van der Waals surface area contributed by atoms with Crippen LogP contribution >= 0.6 is 11.6 Å². The van der Waals surface area contributed by atoms with Crippen LogP contribution in [-0.2, 0) is 19.8 Å². The van der Waals surface area contributed by atoms with Gasteiger partial charge in [0.2, 0.25) is 5.91 Å². The number of hydrogen-bond donors (Lipinski definition) is 2.